The molecule has 0 unspecified atom stereocenters. The van der Waals surface area contributed by atoms with Crippen molar-refractivity contribution in [1.82, 2.24) is 57.4 Å². The molecule has 5 aromatic rings. The van der Waals surface area contributed by atoms with Crippen molar-refractivity contribution in [2.75, 3.05) is 32.7 Å². The van der Waals surface area contributed by atoms with E-state index < -0.39 is 96.1 Å². The summed E-state index contributed by atoms with van der Waals surface area (Å²) in [6.45, 7) is 0.319. The number of para-hydroxylation sites is 2. The number of fused-ring (bicyclic) bond motifs is 3. The first kappa shape index (κ1) is 58.4. The Morgan fingerprint density at radius 1 is 0.544 bits per heavy atom. The largest absolute Gasteiger partial charge is 0.370 e. The second-order valence-corrected chi connectivity index (χ2v) is 20.2. The molecule has 0 saturated carbocycles. The fraction of sp³-hybridized carbons (Fsp3) is 0.446. The van der Waals surface area contributed by atoms with Crippen LogP contribution < -0.4 is 59.7 Å². The van der Waals surface area contributed by atoms with Crippen molar-refractivity contribution in [2.24, 2.45) is 17.2 Å². The summed E-state index contributed by atoms with van der Waals surface area (Å²) in [5.74, 6) is -5.83. The highest BCUT2D eigenvalue weighted by molar-refractivity contribution is 5.99. The summed E-state index contributed by atoms with van der Waals surface area (Å²) in [5, 5.41) is 31.6. The van der Waals surface area contributed by atoms with Gasteiger partial charge in [0.05, 0.1) is 6.54 Å². The van der Waals surface area contributed by atoms with Gasteiger partial charge < -0.3 is 74.6 Å². The van der Waals surface area contributed by atoms with Gasteiger partial charge in [-0.25, -0.2) is 0 Å². The molecule has 7 atom stereocenters. The fourth-order valence-electron chi connectivity index (χ4n) is 10.2. The SMILES string of the molecule is N=C(N)NCCC[C@@H]1NC(=O)CNC(=O)[C@H](Cc2c[nH]c3ccccc23)NC(=O)[C@H](Cc2ccccc2)NC(=O)[C@H](Cc2c[nH]c3ccccc23)NC(=O)[C@@H]2CCCN2C(=O)[C@H](CCCCN)NC(=O)[C@H](CCCCN)NC1=O. The van der Waals surface area contributed by atoms with Crippen LogP contribution in [0.3, 0.4) is 0 Å². The number of unbranched alkanes of at least 4 members (excludes halogenated alkanes) is 2. The molecule has 8 amide bonds. The van der Waals surface area contributed by atoms with Crippen molar-refractivity contribution in [1.29, 1.82) is 5.41 Å². The number of aromatic amines is 2. The summed E-state index contributed by atoms with van der Waals surface area (Å²) in [5.41, 5.74) is 20.8. The quantitative estimate of drug-likeness (QED) is 0.0319. The highest BCUT2D eigenvalue weighted by atomic mass is 16.2. The van der Waals surface area contributed by atoms with E-state index in [1.807, 2.05) is 54.6 Å². The maximum Gasteiger partial charge on any atom is 0.245 e. The maximum atomic E-state index is 15.0. The van der Waals surface area contributed by atoms with Crippen LogP contribution in [0.2, 0.25) is 0 Å². The number of nitrogens with zero attached hydrogens (tertiary/aromatic N) is 1. The number of guanidine groups is 1. The molecule has 0 spiro atoms. The topological polar surface area (TPSA) is 370 Å². The molecule has 2 aliphatic rings. The molecule has 0 aliphatic carbocycles. The van der Waals surface area contributed by atoms with Crippen molar-refractivity contribution in [3.05, 3.63) is 108 Å². The van der Waals surface area contributed by atoms with Crippen LogP contribution in [0.25, 0.3) is 21.8 Å². The van der Waals surface area contributed by atoms with E-state index in [2.05, 4.69) is 52.5 Å². The monoisotopic (exact) mass is 1090 g/mol. The van der Waals surface area contributed by atoms with Crippen molar-refractivity contribution >= 4 is 75.0 Å². The first-order valence-corrected chi connectivity index (χ1v) is 27.2. The van der Waals surface area contributed by atoms with E-state index in [0.717, 1.165) is 21.8 Å². The number of carbonyl (C=O) groups is 8. The van der Waals surface area contributed by atoms with Gasteiger partial charge in [0.2, 0.25) is 47.3 Å². The molecule has 0 radical (unpaired) electrons. The van der Waals surface area contributed by atoms with E-state index in [9.17, 15) is 33.6 Å². The number of H-pyrrole nitrogens is 2. The smallest absolute Gasteiger partial charge is 0.245 e. The third kappa shape index (κ3) is 16.4. The number of carbonyl (C=O) groups excluding carboxylic acids is 8. The van der Waals surface area contributed by atoms with Crippen LogP contribution in [0.4, 0.5) is 0 Å². The fourth-order valence-corrected chi connectivity index (χ4v) is 10.2. The van der Waals surface area contributed by atoms with Gasteiger partial charge in [0.25, 0.3) is 0 Å². The van der Waals surface area contributed by atoms with Crippen molar-refractivity contribution in [3.8, 4) is 0 Å². The van der Waals surface area contributed by atoms with Gasteiger partial charge in [-0.05, 0) is 106 Å². The predicted octanol–water partition coefficient (Wildman–Crippen LogP) is 0.228. The van der Waals surface area contributed by atoms with E-state index in [1.165, 1.54) is 4.90 Å². The highest BCUT2D eigenvalue weighted by Gasteiger charge is 2.40. The summed E-state index contributed by atoms with van der Waals surface area (Å²) < 4.78 is 0. The Labute approximate surface area is 458 Å². The molecule has 17 N–H and O–H groups in total. The molecule has 422 valence electrons. The molecule has 79 heavy (non-hydrogen) atoms. The van der Waals surface area contributed by atoms with Gasteiger partial charge >= 0.3 is 0 Å². The molecule has 4 heterocycles. The molecule has 23 heteroatoms. The summed E-state index contributed by atoms with van der Waals surface area (Å²) in [6.07, 6.45) is 6.45. The Balaban J connectivity index is 1.27. The number of benzene rings is 3. The van der Waals surface area contributed by atoms with E-state index in [0.29, 0.717) is 61.9 Å². The second-order valence-electron chi connectivity index (χ2n) is 20.2. The Bertz CT molecular complexity index is 2930. The molecular formula is C56H75N15O8. The summed E-state index contributed by atoms with van der Waals surface area (Å²) in [7, 11) is 0. The van der Waals surface area contributed by atoms with Crippen LogP contribution in [-0.4, -0.2) is 143 Å². The van der Waals surface area contributed by atoms with Gasteiger partial charge in [0, 0.05) is 66.6 Å². The maximum absolute atomic E-state index is 15.0. The third-order valence-corrected chi connectivity index (χ3v) is 14.4. The number of hydrogen-bond donors (Lipinski definition) is 14. The standard InChI is InChI=1S/C56H75N15O8/c57-24-10-8-20-42-51(75)67-43(21-9-11-25-58)55(79)71-27-13-23-47(71)54(78)70-46(30-36-32-63-40-19-7-5-17-38(36)40)53(77)68-44(28-34-14-2-1-3-15-34)52(76)69-45(29-35-31-62-39-18-6-4-16-37(35)39)49(73)64-33-48(72)65-41(50(74)66-42)22-12-26-61-56(59)60/h1-7,14-19,31-32,41-47,62-63H,8-13,20-30,33,57-58H2,(H,64,73)(H,65,72)(H,66,74)(H,67,75)(H,68,77)(H,69,76)(H,70,78)(H4,59,60,61)/t41-,42-,43-,44-,45-,46-,47-/m0/s1. The second kappa shape index (κ2) is 28.9. The zero-order valence-corrected chi connectivity index (χ0v) is 44.4. The van der Waals surface area contributed by atoms with E-state index in [-0.39, 0.29) is 70.4 Å². The van der Waals surface area contributed by atoms with Gasteiger partial charge in [-0.15, -0.1) is 0 Å². The number of rotatable bonds is 18. The minimum atomic E-state index is -1.32. The molecule has 2 fully saturated rings. The van der Waals surface area contributed by atoms with Crippen LogP contribution in [-0.2, 0) is 57.6 Å². The first-order valence-electron chi connectivity index (χ1n) is 27.2. The lowest BCUT2D eigenvalue weighted by Gasteiger charge is -2.31. The van der Waals surface area contributed by atoms with Crippen LogP contribution in [0, 0.1) is 5.41 Å². The Kier molecular flexibility index (Phi) is 21.3. The van der Waals surface area contributed by atoms with Crippen molar-refractivity contribution < 1.29 is 38.4 Å². The molecule has 2 saturated heterocycles. The number of hydrogen-bond acceptors (Lipinski definition) is 11. The van der Waals surface area contributed by atoms with Crippen LogP contribution >= 0.6 is 0 Å². The lowest BCUT2D eigenvalue weighted by atomic mass is 10.00. The number of aromatic nitrogens is 2. The predicted molar refractivity (Wildman–Crippen MR) is 298 cm³/mol. The van der Waals surface area contributed by atoms with Gasteiger partial charge in [-0.2, -0.15) is 0 Å². The third-order valence-electron chi connectivity index (χ3n) is 14.4. The molecule has 0 bridgehead atoms. The molecule has 7 rings (SSSR count). The molecule has 23 nitrogen and oxygen atoms in total. The van der Waals surface area contributed by atoms with Crippen LogP contribution in [0.15, 0.2) is 91.3 Å². The van der Waals surface area contributed by atoms with Gasteiger partial charge in [-0.1, -0.05) is 66.7 Å². The van der Waals surface area contributed by atoms with E-state index >= 15 is 4.79 Å². The normalized spacial score (nSPS) is 22.4. The summed E-state index contributed by atoms with van der Waals surface area (Å²) in [4.78, 5) is 124. The first-order chi connectivity index (χ1) is 38.2. The summed E-state index contributed by atoms with van der Waals surface area (Å²) >= 11 is 0. The van der Waals surface area contributed by atoms with Crippen molar-refractivity contribution in [2.45, 2.75) is 126 Å². The highest BCUT2D eigenvalue weighted by Crippen LogP contribution is 2.24. The molecule has 3 aromatic carbocycles. The van der Waals surface area contributed by atoms with Gasteiger partial charge in [0.1, 0.15) is 42.3 Å². The van der Waals surface area contributed by atoms with E-state index in [4.69, 9.17) is 22.6 Å². The molecule has 2 aromatic heterocycles. The van der Waals surface area contributed by atoms with Gasteiger partial charge in [0.15, 0.2) is 5.96 Å². The van der Waals surface area contributed by atoms with Gasteiger partial charge in [-0.3, -0.25) is 43.8 Å². The molecular weight excluding hydrogens is 1010 g/mol. The zero-order chi connectivity index (χ0) is 56.3. The zero-order valence-electron chi connectivity index (χ0n) is 44.4. The summed E-state index contributed by atoms with van der Waals surface area (Å²) in [6, 6.07) is 15.2. The van der Waals surface area contributed by atoms with E-state index in [1.54, 1.807) is 36.7 Å². The lowest BCUT2D eigenvalue weighted by molar-refractivity contribution is -0.142. The minimum Gasteiger partial charge on any atom is -0.370 e. The average Bonchev–Trinajstić information content (AvgIpc) is 4.22. The lowest BCUT2D eigenvalue weighted by Crippen LogP contribution is -2.61. The number of nitrogens with two attached hydrogens (primary N) is 3. The van der Waals surface area contributed by atoms with Crippen LogP contribution in [0.1, 0.15) is 80.9 Å². The van der Waals surface area contributed by atoms with Crippen LogP contribution in [0.5, 0.6) is 0 Å². The Hall–Kier alpha value is -8.31. The van der Waals surface area contributed by atoms with Crippen molar-refractivity contribution in [3.63, 3.8) is 0 Å². The minimum absolute atomic E-state index is 0.0119. The molecule has 2 aliphatic heterocycles. The number of nitrogens with one attached hydrogen (secondary N) is 11. The Morgan fingerprint density at radius 2 is 1.03 bits per heavy atom. The average molecular weight is 1090 g/mol. The number of amides is 8. The Morgan fingerprint density at radius 3 is 1.62 bits per heavy atom.